The fraction of sp³-hybridized carbons (Fsp3) is 0.267. The van der Waals surface area contributed by atoms with E-state index < -0.39 is 0 Å². The molecule has 4 heteroatoms. The molecule has 3 nitrogen and oxygen atoms in total. The van der Waals surface area contributed by atoms with Gasteiger partial charge in [-0.3, -0.25) is 0 Å². The van der Waals surface area contributed by atoms with E-state index in [1.807, 2.05) is 0 Å². The molecule has 0 unspecified atom stereocenters. The second kappa shape index (κ2) is 5.69. The highest BCUT2D eigenvalue weighted by Gasteiger charge is 2.16. The summed E-state index contributed by atoms with van der Waals surface area (Å²) < 4.78 is 23.3. The van der Waals surface area contributed by atoms with Crippen molar-refractivity contribution in [3.05, 3.63) is 58.8 Å². The summed E-state index contributed by atoms with van der Waals surface area (Å²) in [5.41, 5.74) is 1.37. The molecule has 19 heavy (non-hydrogen) atoms. The largest absolute Gasteiger partial charge is 0.465 e. The topological polar surface area (TPSA) is 39.4 Å². The Kier molecular flexibility index (Phi) is 4.00. The zero-order chi connectivity index (χ0) is 13.8. The van der Waals surface area contributed by atoms with Crippen molar-refractivity contribution in [1.29, 1.82) is 0 Å². The third-order valence-electron chi connectivity index (χ3n) is 2.76. The molecule has 0 aliphatic carbocycles. The Morgan fingerprint density at radius 3 is 2.63 bits per heavy atom. The zero-order valence-electron chi connectivity index (χ0n) is 10.9. The highest BCUT2D eigenvalue weighted by Crippen LogP contribution is 2.19. The van der Waals surface area contributed by atoms with E-state index in [0.29, 0.717) is 30.1 Å². The lowest BCUT2D eigenvalue weighted by atomic mass is 10.1. The Hall–Kier alpha value is -2.10. The standard InChI is InChI=1S/C15H15FO3/c1-3-18-15(17)14-9-13(19-10(14)2)8-11-4-6-12(16)7-5-11/h4-7,9H,3,8H2,1-2H3. The van der Waals surface area contributed by atoms with Crippen LogP contribution >= 0.6 is 0 Å². The van der Waals surface area contributed by atoms with Crippen LogP contribution in [0, 0.1) is 12.7 Å². The van der Waals surface area contributed by atoms with Crippen LogP contribution in [0.3, 0.4) is 0 Å². The molecule has 0 saturated carbocycles. The van der Waals surface area contributed by atoms with Gasteiger partial charge in [-0.1, -0.05) is 12.1 Å². The molecular formula is C15H15FO3. The van der Waals surface area contributed by atoms with Gasteiger partial charge < -0.3 is 9.15 Å². The van der Waals surface area contributed by atoms with Crippen molar-refractivity contribution in [3.8, 4) is 0 Å². The summed E-state index contributed by atoms with van der Waals surface area (Å²) in [7, 11) is 0. The Morgan fingerprint density at radius 1 is 1.32 bits per heavy atom. The number of carbonyl (C=O) groups excluding carboxylic acids is 1. The molecule has 0 aliphatic rings. The first-order valence-electron chi connectivity index (χ1n) is 6.11. The monoisotopic (exact) mass is 262 g/mol. The van der Waals surface area contributed by atoms with Crippen LogP contribution in [-0.2, 0) is 11.2 Å². The maximum atomic E-state index is 12.8. The van der Waals surface area contributed by atoms with Crippen molar-refractivity contribution in [2.45, 2.75) is 20.3 Å². The average Bonchev–Trinajstić information content (AvgIpc) is 2.74. The molecule has 0 aliphatic heterocycles. The Bertz CT molecular complexity index is 570. The van der Waals surface area contributed by atoms with Crippen LogP contribution in [0.25, 0.3) is 0 Å². The van der Waals surface area contributed by atoms with Gasteiger partial charge in [0.25, 0.3) is 0 Å². The summed E-state index contributed by atoms with van der Waals surface area (Å²) in [6, 6.07) is 7.86. The zero-order valence-corrected chi connectivity index (χ0v) is 10.9. The number of furan rings is 1. The highest BCUT2D eigenvalue weighted by atomic mass is 19.1. The number of halogens is 1. The fourth-order valence-corrected chi connectivity index (χ4v) is 1.85. The number of carbonyl (C=O) groups is 1. The third-order valence-corrected chi connectivity index (χ3v) is 2.76. The molecule has 2 rings (SSSR count). The van der Waals surface area contributed by atoms with Gasteiger partial charge in [0.2, 0.25) is 0 Å². The van der Waals surface area contributed by atoms with Crippen molar-refractivity contribution in [2.75, 3.05) is 6.61 Å². The molecule has 1 aromatic heterocycles. The summed E-state index contributed by atoms with van der Waals surface area (Å²) in [6.45, 7) is 3.81. The lowest BCUT2D eigenvalue weighted by molar-refractivity contribution is 0.0524. The number of rotatable bonds is 4. The average molecular weight is 262 g/mol. The van der Waals surface area contributed by atoms with E-state index >= 15 is 0 Å². The van der Waals surface area contributed by atoms with Crippen molar-refractivity contribution < 1.29 is 18.3 Å². The van der Waals surface area contributed by atoms with Crippen LogP contribution in [0.15, 0.2) is 34.7 Å². The van der Waals surface area contributed by atoms with Crippen molar-refractivity contribution in [1.82, 2.24) is 0 Å². The predicted octanol–water partition coefficient (Wildman–Crippen LogP) is 3.49. The molecule has 0 N–H and O–H groups in total. The van der Waals surface area contributed by atoms with E-state index in [1.54, 1.807) is 32.0 Å². The van der Waals surface area contributed by atoms with E-state index in [0.717, 1.165) is 5.56 Å². The van der Waals surface area contributed by atoms with E-state index in [4.69, 9.17) is 9.15 Å². The minimum atomic E-state index is -0.380. The van der Waals surface area contributed by atoms with Gasteiger partial charge in [0.15, 0.2) is 0 Å². The molecule has 0 amide bonds. The molecule has 0 spiro atoms. The molecule has 1 aromatic carbocycles. The minimum Gasteiger partial charge on any atom is -0.465 e. The number of ether oxygens (including phenoxy) is 1. The second-order valence-corrected chi connectivity index (χ2v) is 4.21. The fourth-order valence-electron chi connectivity index (χ4n) is 1.85. The van der Waals surface area contributed by atoms with E-state index in [9.17, 15) is 9.18 Å². The Labute approximate surface area is 111 Å². The molecule has 0 fully saturated rings. The van der Waals surface area contributed by atoms with Gasteiger partial charge in [-0.2, -0.15) is 0 Å². The molecule has 0 atom stereocenters. The normalized spacial score (nSPS) is 10.5. The summed E-state index contributed by atoms with van der Waals surface area (Å²) in [5, 5.41) is 0. The van der Waals surface area contributed by atoms with Crippen LogP contribution in [-0.4, -0.2) is 12.6 Å². The van der Waals surface area contributed by atoms with Crippen molar-refractivity contribution >= 4 is 5.97 Å². The Morgan fingerprint density at radius 2 is 2.00 bits per heavy atom. The molecule has 2 aromatic rings. The number of aryl methyl sites for hydroxylation is 1. The Balaban J connectivity index is 2.16. The quantitative estimate of drug-likeness (QED) is 0.792. The van der Waals surface area contributed by atoms with Gasteiger partial charge in [-0.15, -0.1) is 0 Å². The van der Waals surface area contributed by atoms with Gasteiger partial charge in [-0.25, -0.2) is 9.18 Å². The summed E-state index contributed by atoms with van der Waals surface area (Å²) in [6.07, 6.45) is 0.514. The molecule has 0 radical (unpaired) electrons. The van der Waals surface area contributed by atoms with Crippen LogP contribution in [0.4, 0.5) is 4.39 Å². The lowest BCUT2D eigenvalue weighted by Crippen LogP contribution is -2.04. The minimum absolute atomic E-state index is 0.272. The smallest absolute Gasteiger partial charge is 0.341 e. The summed E-state index contributed by atoms with van der Waals surface area (Å²) in [5.74, 6) is 0.545. The molecule has 0 bridgehead atoms. The van der Waals surface area contributed by atoms with Gasteiger partial charge >= 0.3 is 5.97 Å². The molecular weight excluding hydrogens is 247 g/mol. The van der Waals surface area contributed by atoms with Crippen molar-refractivity contribution in [3.63, 3.8) is 0 Å². The first-order chi connectivity index (χ1) is 9.10. The molecule has 0 saturated heterocycles. The lowest BCUT2D eigenvalue weighted by Gasteiger charge is -1.97. The number of esters is 1. The van der Waals surface area contributed by atoms with Crippen LogP contribution < -0.4 is 0 Å². The van der Waals surface area contributed by atoms with Crippen LogP contribution in [0.5, 0.6) is 0 Å². The molecule has 1 heterocycles. The van der Waals surface area contributed by atoms with E-state index in [1.165, 1.54) is 12.1 Å². The van der Waals surface area contributed by atoms with E-state index in [2.05, 4.69) is 0 Å². The molecule has 100 valence electrons. The third kappa shape index (κ3) is 3.22. The number of benzene rings is 1. The van der Waals surface area contributed by atoms with E-state index in [-0.39, 0.29) is 11.8 Å². The maximum Gasteiger partial charge on any atom is 0.341 e. The first kappa shape index (κ1) is 13.3. The van der Waals surface area contributed by atoms with Crippen LogP contribution in [0.2, 0.25) is 0 Å². The number of hydrogen-bond donors (Lipinski definition) is 0. The summed E-state index contributed by atoms with van der Waals surface area (Å²) in [4.78, 5) is 11.6. The summed E-state index contributed by atoms with van der Waals surface area (Å²) >= 11 is 0. The van der Waals surface area contributed by atoms with Gasteiger partial charge in [0.05, 0.1) is 6.61 Å². The number of hydrogen-bond acceptors (Lipinski definition) is 3. The van der Waals surface area contributed by atoms with Gasteiger partial charge in [0.1, 0.15) is 22.9 Å². The first-order valence-corrected chi connectivity index (χ1v) is 6.11. The predicted molar refractivity (Wildman–Crippen MR) is 68.6 cm³/mol. The van der Waals surface area contributed by atoms with Crippen molar-refractivity contribution in [2.24, 2.45) is 0 Å². The maximum absolute atomic E-state index is 12.8. The van der Waals surface area contributed by atoms with Gasteiger partial charge in [-0.05, 0) is 37.6 Å². The van der Waals surface area contributed by atoms with Crippen LogP contribution in [0.1, 0.15) is 34.4 Å². The SMILES string of the molecule is CCOC(=O)c1cc(Cc2ccc(F)cc2)oc1C. The van der Waals surface area contributed by atoms with Gasteiger partial charge in [0, 0.05) is 6.42 Å². The highest BCUT2D eigenvalue weighted by molar-refractivity contribution is 5.90. The second-order valence-electron chi connectivity index (χ2n) is 4.21.